The largest absolute Gasteiger partial charge is 0.459 e. The summed E-state index contributed by atoms with van der Waals surface area (Å²) in [5.41, 5.74) is -1.04. The Balaban J connectivity index is 1.37. The average Bonchev–Trinajstić information content (AvgIpc) is 3.62. The normalized spacial score (nSPS) is 27.4. The molecule has 248 valence electrons. The van der Waals surface area contributed by atoms with Crippen molar-refractivity contribution >= 4 is 36.1 Å². The maximum absolute atomic E-state index is 13.7. The number of fused-ring (bicyclic) bond motifs is 1. The highest BCUT2D eigenvalue weighted by molar-refractivity contribution is 5.91. The molecule has 7 atom stereocenters. The average molecular weight is 656 g/mol. The Bertz CT molecular complexity index is 1710. The molecule has 0 bridgehead atoms. The van der Waals surface area contributed by atoms with Crippen LogP contribution in [0.15, 0.2) is 96.0 Å². The Hall–Kier alpha value is -5.60. The number of ether oxygens (including phenoxy) is 4. The first kappa shape index (κ1) is 32.3. The molecular formula is C34H33N5O9. The second kappa shape index (κ2) is 13.6. The van der Waals surface area contributed by atoms with Gasteiger partial charge in [-0.25, -0.2) is 14.4 Å². The summed E-state index contributed by atoms with van der Waals surface area (Å²) in [6, 6.07) is 23.8. The summed E-state index contributed by atoms with van der Waals surface area (Å²) in [6.07, 6.45) is -4.19. The number of hydrogen-bond donors (Lipinski definition) is 3. The van der Waals surface area contributed by atoms with Crippen LogP contribution in [0, 0.1) is 0 Å². The van der Waals surface area contributed by atoms with Crippen molar-refractivity contribution in [2.24, 2.45) is 4.99 Å². The molecule has 0 spiro atoms. The monoisotopic (exact) mass is 655 g/mol. The van der Waals surface area contributed by atoms with Crippen LogP contribution in [0.1, 0.15) is 44.9 Å². The number of benzene rings is 3. The van der Waals surface area contributed by atoms with Gasteiger partial charge in [0.1, 0.15) is 18.9 Å². The Morgan fingerprint density at radius 1 is 0.875 bits per heavy atom. The van der Waals surface area contributed by atoms with E-state index < -0.39 is 78.9 Å². The van der Waals surface area contributed by atoms with E-state index in [0.29, 0.717) is 5.56 Å². The van der Waals surface area contributed by atoms with E-state index in [-0.39, 0.29) is 11.1 Å². The zero-order chi connectivity index (χ0) is 33.8. The number of nitrogens with one attached hydrogen (secondary N) is 3. The number of amides is 2. The lowest BCUT2D eigenvalue weighted by Gasteiger charge is -2.43. The number of rotatable bonds is 9. The lowest BCUT2D eigenvalue weighted by atomic mass is 9.94. The molecule has 3 aliphatic rings. The predicted molar refractivity (Wildman–Crippen MR) is 168 cm³/mol. The molecule has 0 saturated carbocycles. The Kier molecular flexibility index (Phi) is 9.19. The van der Waals surface area contributed by atoms with Crippen LogP contribution in [0.25, 0.3) is 0 Å². The molecule has 3 N–H and O–H groups in total. The van der Waals surface area contributed by atoms with Gasteiger partial charge in [0.25, 0.3) is 5.91 Å². The Morgan fingerprint density at radius 3 is 2.02 bits per heavy atom. The van der Waals surface area contributed by atoms with Gasteiger partial charge in [-0.2, -0.15) is 0 Å². The minimum atomic E-state index is -1.78. The fraction of sp³-hybridized carbons (Fsp3) is 0.294. The number of carbonyl (C=O) groups is 5. The molecule has 3 aliphatic heterocycles. The van der Waals surface area contributed by atoms with Crippen LogP contribution in [0.3, 0.4) is 0 Å². The molecule has 2 fully saturated rings. The standard InChI is InChI=1S/C34H33N5O9/c1-20(40)36-33-37-27-25(28(41)38-33)35-19-39(27)32-34(2,48-31(44)23-16-10-5-11-17-23)26(47-30(43)22-14-8-4-9-15-22)24(46-32)18-45-29(42)21-12-6-3-7-13-21/h3-17,19,24-27,32-33,37H,18H2,1-2H3,(H,36,40)(H,38,41)/t24?,25?,26?,27?,32?,33?,34-/m1/s1. The molecule has 2 saturated heterocycles. The minimum absolute atomic E-state index is 0.221. The van der Waals surface area contributed by atoms with Crippen molar-refractivity contribution in [3.8, 4) is 0 Å². The summed E-state index contributed by atoms with van der Waals surface area (Å²) in [5, 5.41) is 8.36. The molecule has 2 amide bonds. The minimum Gasteiger partial charge on any atom is -0.459 e. The quantitative estimate of drug-likeness (QED) is 0.226. The first-order valence-electron chi connectivity index (χ1n) is 15.2. The smallest absolute Gasteiger partial charge is 0.338 e. The number of carbonyl (C=O) groups excluding carboxylic acids is 5. The highest BCUT2D eigenvalue weighted by atomic mass is 16.7. The van der Waals surface area contributed by atoms with Crippen LogP contribution in [-0.4, -0.2) is 90.1 Å². The van der Waals surface area contributed by atoms with Gasteiger partial charge in [0.2, 0.25) is 5.91 Å². The fourth-order valence-corrected chi connectivity index (χ4v) is 5.86. The number of aliphatic imine (C=N–C) groups is 1. The van der Waals surface area contributed by atoms with Gasteiger partial charge in [-0.15, -0.1) is 0 Å². The zero-order valence-corrected chi connectivity index (χ0v) is 26.0. The van der Waals surface area contributed by atoms with Gasteiger partial charge in [0, 0.05) is 6.92 Å². The van der Waals surface area contributed by atoms with Crippen LogP contribution in [0.4, 0.5) is 0 Å². The first-order valence-corrected chi connectivity index (χ1v) is 15.2. The third-order valence-corrected chi connectivity index (χ3v) is 8.14. The molecule has 0 aliphatic carbocycles. The van der Waals surface area contributed by atoms with E-state index in [1.807, 2.05) is 0 Å². The molecule has 14 nitrogen and oxygen atoms in total. The van der Waals surface area contributed by atoms with E-state index in [9.17, 15) is 24.0 Å². The summed E-state index contributed by atoms with van der Waals surface area (Å²) in [4.78, 5) is 70.8. The van der Waals surface area contributed by atoms with E-state index >= 15 is 0 Å². The maximum atomic E-state index is 13.7. The molecule has 6 unspecified atom stereocenters. The van der Waals surface area contributed by atoms with E-state index in [1.165, 1.54) is 25.1 Å². The first-order chi connectivity index (χ1) is 23.1. The van der Waals surface area contributed by atoms with Gasteiger partial charge in [-0.1, -0.05) is 54.6 Å². The second-order valence-electron chi connectivity index (χ2n) is 11.5. The number of nitrogens with zero attached hydrogens (tertiary/aromatic N) is 2. The van der Waals surface area contributed by atoms with E-state index in [2.05, 4.69) is 20.9 Å². The van der Waals surface area contributed by atoms with Crippen molar-refractivity contribution in [1.29, 1.82) is 0 Å². The molecule has 3 heterocycles. The van der Waals surface area contributed by atoms with Crippen molar-refractivity contribution in [3.63, 3.8) is 0 Å². The van der Waals surface area contributed by atoms with Crippen molar-refractivity contribution < 1.29 is 42.9 Å². The molecule has 14 heteroatoms. The van der Waals surface area contributed by atoms with Gasteiger partial charge >= 0.3 is 17.9 Å². The molecule has 6 rings (SSSR count). The van der Waals surface area contributed by atoms with Crippen LogP contribution in [-0.2, 0) is 28.5 Å². The SMILES string of the molecule is CC(=O)NC1NC(=O)C2N=CN(C3OC(COC(=O)c4ccccc4)C(OC(=O)c4ccccc4)[C@@]3(C)OC(=O)c3ccccc3)C2N1. The summed E-state index contributed by atoms with van der Waals surface area (Å²) < 4.78 is 24.4. The van der Waals surface area contributed by atoms with E-state index in [0.717, 1.165) is 0 Å². The topological polar surface area (TPSA) is 174 Å². The maximum Gasteiger partial charge on any atom is 0.338 e. The van der Waals surface area contributed by atoms with Crippen LogP contribution >= 0.6 is 0 Å². The molecule has 3 aromatic rings. The zero-order valence-electron chi connectivity index (χ0n) is 26.0. The highest BCUT2D eigenvalue weighted by Crippen LogP contribution is 2.41. The van der Waals surface area contributed by atoms with Gasteiger partial charge in [-0.05, 0) is 43.3 Å². The Morgan fingerprint density at radius 2 is 1.44 bits per heavy atom. The molecule has 0 radical (unpaired) electrons. The summed E-state index contributed by atoms with van der Waals surface area (Å²) in [6.45, 7) is 2.45. The third kappa shape index (κ3) is 6.61. The van der Waals surface area contributed by atoms with Crippen LogP contribution < -0.4 is 16.0 Å². The molecule has 3 aromatic carbocycles. The summed E-state index contributed by atoms with van der Waals surface area (Å²) >= 11 is 0. The van der Waals surface area contributed by atoms with Crippen LogP contribution in [0.5, 0.6) is 0 Å². The lowest BCUT2D eigenvalue weighted by molar-refractivity contribution is -0.142. The van der Waals surface area contributed by atoms with Crippen molar-refractivity contribution in [1.82, 2.24) is 20.9 Å². The second-order valence-corrected chi connectivity index (χ2v) is 11.5. The predicted octanol–water partition coefficient (Wildman–Crippen LogP) is 1.59. The van der Waals surface area contributed by atoms with Crippen molar-refractivity contribution in [2.45, 2.75) is 56.4 Å². The van der Waals surface area contributed by atoms with E-state index in [4.69, 9.17) is 18.9 Å². The van der Waals surface area contributed by atoms with Crippen molar-refractivity contribution in [2.75, 3.05) is 6.61 Å². The molecule has 48 heavy (non-hydrogen) atoms. The molecular weight excluding hydrogens is 622 g/mol. The van der Waals surface area contributed by atoms with Gasteiger partial charge in [0.15, 0.2) is 30.3 Å². The van der Waals surface area contributed by atoms with Crippen LogP contribution in [0.2, 0.25) is 0 Å². The lowest BCUT2D eigenvalue weighted by Crippen LogP contribution is -2.72. The van der Waals surface area contributed by atoms with Gasteiger partial charge in [-0.3, -0.25) is 19.9 Å². The van der Waals surface area contributed by atoms with Crippen molar-refractivity contribution in [3.05, 3.63) is 108 Å². The fourth-order valence-electron chi connectivity index (χ4n) is 5.86. The Labute approximate surface area is 275 Å². The molecule has 0 aromatic heterocycles. The number of hydrogen-bond acceptors (Lipinski definition) is 12. The highest BCUT2D eigenvalue weighted by Gasteiger charge is 2.63. The number of esters is 3. The third-order valence-electron chi connectivity index (χ3n) is 8.14. The van der Waals surface area contributed by atoms with Gasteiger partial charge < -0.3 is 34.5 Å². The summed E-state index contributed by atoms with van der Waals surface area (Å²) in [7, 11) is 0. The van der Waals surface area contributed by atoms with Gasteiger partial charge in [0.05, 0.1) is 23.0 Å². The summed E-state index contributed by atoms with van der Waals surface area (Å²) in [5.74, 6) is -3.00. The van der Waals surface area contributed by atoms with E-state index in [1.54, 1.807) is 91.0 Å².